The molecule has 0 fully saturated rings. The molecule has 0 atom stereocenters. The topological polar surface area (TPSA) is 55.6 Å². The number of carbonyl (C=O) groups excluding carboxylic acids is 1. The summed E-state index contributed by atoms with van der Waals surface area (Å²) in [5.41, 5.74) is 0.317. The highest BCUT2D eigenvalue weighted by molar-refractivity contribution is 5.88. The van der Waals surface area contributed by atoms with E-state index in [-0.39, 0.29) is 25.7 Å². The first-order valence-corrected chi connectivity index (χ1v) is 8.96. The maximum absolute atomic E-state index is 13.4. The zero-order valence-electron chi connectivity index (χ0n) is 15.6. The molecule has 3 aromatic rings. The SMILES string of the molecule is CCOC(=O)c1oc(N(Cc2ccccc2)Cc2ccccc2)nc1C(F)(F)F. The highest BCUT2D eigenvalue weighted by Crippen LogP contribution is 2.35. The van der Waals surface area contributed by atoms with E-state index in [1.807, 2.05) is 60.7 Å². The average Bonchev–Trinajstić information content (AvgIpc) is 3.15. The van der Waals surface area contributed by atoms with Crippen LogP contribution in [0.1, 0.15) is 34.3 Å². The number of hydrogen-bond donors (Lipinski definition) is 0. The predicted molar refractivity (Wildman–Crippen MR) is 100 cm³/mol. The van der Waals surface area contributed by atoms with Crippen molar-refractivity contribution < 1.29 is 27.1 Å². The van der Waals surface area contributed by atoms with E-state index in [0.29, 0.717) is 0 Å². The Balaban J connectivity index is 2.01. The quantitative estimate of drug-likeness (QED) is 0.514. The third-order valence-electron chi connectivity index (χ3n) is 4.05. The van der Waals surface area contributed by atoms with Crippen LogP contribution in [0.5, 0.6) is 0 Å². The summed E-state index contributed by atoms with van der Waals surface area (Å²) in [7, 11) is 0. The van der Waals surface area contributed by atoms with Crippen molar-refractivity contribution in [2.24, 2.45) is 0 Å². The third-order valence-corrected chi connectivity index (χ3v) is 4.05. The van der Waals surface area contributed by atoms with Gasteiger partial charge in [-0.05, 0) is 18.1 Å². The first-order chi connectivity index (χ1) is 13.9. The lowest BCUT2D eigenvalue weighted by Crippen LogP contribution is -2.22. The Hall–Kier alpha value is -3.29. The first-order valence-electron chi connectivity index (χ1n) is 8.96. The molecule has 0 aliphatic rings. The number of ether oxygens (including phenoxy) is 1. The molecule has 8 heteroatoms. The zero-order valence-corrected chi connectivity index (χ0v) is 15.6. The number of rotatable bonds is 7. The van der Waals surface area contributed by atoms with Crippen molar-refractivity contribution in [2.45, 2.75) is 26.2 Å². The molecule has 0 bridgehead atoms. The molecule has 0 radical (unpaired) electrons. The first kappa shape index (κ1) is 20.4. The Morgan fingerprint density at radius 3 is 1.97 bits per heavy atom. The van der Waals surface area contributed by atoms with E-state index in [1.54, 1.807) is 4.90 Å². The predicted octanol–water partition coefficient (Wildman–Crippen LogP) is 5.08. The zero-order chi connectivity index (χ0) is 20.9. The second kappa shape index (κ2) is 8.81. The minimum Gasteiger partial charge on any atom is -0.460 e. The molecule has 0 saturated carbocycles. The van der Waals surface area contributed by atoms with E-state index >= 15 is 0 Å². The number of anilines is 1. The molecule has 1 aromatic heterocycles. The molecule has 1 heterocycles. The minimum atomic E-state index is -4.85. The van der Waals surface area contributed by atoms with Crippen LogP contribution < -0.4 is 4.90 Å². The van der Waals surface area contributed by atoms with Gasteiger partial charge in [-0.15, -0.1) is 0 Å². The fraction of sp³-hybridized carbons (Fsp3) is 0.238. The molecule has 152 valence electrons. The van der Waals surface area contributed by atoms with Gasteiger partial charge in [0.1, 0.15) is 0 Å². The molecule has 0 spiro atoms. The lowest BCUT2D eigenvalue weighted by molar-refractivity contribution is -0.141. The fourth-order valence-corrected chi connectivity index (χ4v) is 2.77. The summed E-state index contributed by atoms with van der Waals surface area (Å²) in [6, 6.07) is 18.1. The molecule has 2 aromatic carbocycles. The molecule has 3 rings (SSSR count). The Labute approximate surface area is 165 Å². The lowest BCUT2D eigenvalue weighted by atomic mass is 10.2. The van der Waals surface area contributed by atoms with Crippen LogP contribution in [-0.4, -0.2) is 17.6 Å². The van der Waals surface area contributed by atoms with Gasteiger partial charge in [0.25, 0.3) is 6.01 Å². The van der Waals surface area contributed by atoms with Crippen LogP contribution in [0.15, 0.2) is 65.1 Å². The Morgan fingerprint density at radius 2 is 1.52 bits per heavy atom. The van der Waals surface area contributed by atoms with Gasteiger partial charge >= 0.3 is 12.1 Å². The van der Waals surface area contributed by atoms with Crippen molar-refractivity contribution in [2.75, 3.05) is 11.5 Å². The molecule has 0 N–H and O–H groups in total. The van der Waals surface area contributed by atoms with Crippen LogP contribution in [-0.2, 0) is 24.0 Å². The van der Waals surface area contributed by atoms with Crippen molar-refractivity contribution in [1.29, 1.82) is 0 Å². The van der Waals surface area contributed by atoms with E-state index in [2.05, 4.69) is 4.98 Å². The van der Waals surface area contributed by atoms with Crippen molar-refractivity contribution in [3.8, 4) is 0 Å². The van der Waals surface area contributed by atoms with Gasteiger partial charge in [0.15, 0.2) is 5.69 Å². The van der Waals surface area contributed by atoms with Crippen molar-refractivity contribution >= 4 is 12.0 Å². The maximum Gasteiger partial charge on any atom is 0.437 e. The standard InChI is InChI=1S/C21H19F3N2O3/c1-2-28-19(27)17-18(21(22,23)24)25-20(29-17)26(13-15-9-5-3-6-10-15)14-16-11-7-4-8-12-16/h3-12H,2,13-14H2,1H3. The number of alkyl halides is 3. The van der Waals surface area contributed by atoms with Crippen molar-refractivity contribution in [1.82, 2.24) is 4.98 Å². The Morgan fingerprint density at radius 1 is 1.00 bits per heavy atom. The lowest BCUT2D eigenvalue weighted by Gasteiger charge is -2.21. The third kappa shape index (κ3) is 5.16. The Kier molecular flexibility index (Phi) is 6.21. The van der Waals surface area contributed by atoms with Gasteiger partial charge in [-0.2, -0.15) is 18.2 Å². The van der Waals surface area contributed by atoms with Gasteiger partial charge in [0.05, 0.1) is 6.61 Å². The van der Waals surface area contributed by atoms with Gasteiger partial charge in [-0.3, -0.25) is 0 Å². The number of hydrogen-bond acceptors (Lipinski definition) is 5. The number of carbonyl (C=O) groups is 1. The minimum absolute atomic E-state index is 0.0795. The smallest absolute Gasteiger partial charge is 0.437 e. The summed E-state index contributed by atoms with van der Waals surface area (Å²) >= 11 is 0. The van der Waals surface area contributed by atoms with Crippen LogP contribution in [0.25, 0.3) is 0 Å². The van der Waals surface area contributed by atoms with Crippen LogP contribution in [0, 0.1) is 0 Å². The van der Waals surface area contributed by atoms with E-state index in [4.69, 9.17) is 9.15 Å². The summed E-state index contributed by atoms with van der Waals surface area (Å²) in [5.74, 6) is -2.14. The number of oxazole rings is 1. The molecule has 29 heavy (non-hydrogen) atoms. The van der Waals surface area contributed by atoms with Crippen LogP contribution in [0.3, 0.4) is 0 Å². The van der Waals surface area contributed by atoms with Gasteiger partial charge in [0, 0.05) is 13.1 Å². The van der Waals surface area contributed by atoms with Gasteiger partial charge < -0.3 is 14.1 Å². The highest BCUT2D eigenvalue weighted by Gasteiger charge is 2.42. The highest BCUT2D eigenvalue weighted by atomic mass is 19.4. The second-order valence-electron chi connectivity index (χ2n) is 6.22. The number of halogens is 3. The summed E-state index contributed by atoms with van der Waals surface area (Å²) in [6.45, 7) is 1.91. The van der Waals surface area contributed by atoms with Crippen LogP contribution in [0.4, 0.5) is 19.2 Å². The maximum atomic E-state index is 13.4. The van der Waals surface area contributed by atoms with E-state index < -0.39 is 23.6 Å². The molecular weight excluding hydrogens is 385 g/mol. The summed E-state index contributed by atoms with van der Waals surface area (Å²) in [6.07, 6.45) is -4.85. The van der Waals surface area contributed by atoms with Gasteiger partial charge in [-0.1, -0.05) is 60.7 Å². The molecule has 0 aliphatic heterocycles. The normalized spacial score (nSPS) is 11.3. The van der Waals surface area contributed by atoms with Crippen LogP contribution >= 0.6 is 0 Å². The number of esters is 1. The molecule has 5 nitrogen and oxygen atoms in total. The molecular formula is C21H19F3N2O3. The summed E-state index contributed by atoms with van der Waals surface area (Å²) in [5, 5.41) is 0. The van der Waals surface area contributed by atoms with Gasteiger partial charge in [0.2, 0.25) is 5.76 Å². The molecule has 0 amide bonds. The summed E-state index contributed by atoms with van der Waals surface area (Å²) < 4.78 is 50.3. The molecule has 0 unspecified atom stereocenters. The summed E-state index contributed by atoms with van der Waals surface area (Å²) in [4.78, 5) is 17.1. The van der Waals surface area contributed by atoms with Crippen molar-refractivity contribution in [3.05, 3.63) is 83.2 Å². The van der Waals surface area contributed by atoms with Gasteiger partial charge in [-0.25, -0.2) is 4.79 Å². The molecule has 0 saturated heterocycles. The molecule has 0 aliphatic carbocycles. The van der Waals surface area contributed by atoms with E-state index in [0.717, 1.165) is 11.1 Å². The van der Waals surface area contributed by atoms with Crippen LogP contribution in [0.2, 0.25) is 0 Å². The largest absolute Gasteiger partial charge is 0.460 e. The van der Waals surface area contributed by atoms with E-state index in [1.165, 1.54) is 6.92 Å². The monoisotopic (exact) mass is 404 g/mol. The number of aromatic nitrogens is 1. The number of benzene rings is 2. The average molecular weight is 404 g/mol. The fourth-order valence-electron chi connectivity index (χ4n) is 2.77. The number of nitrogens with zero attached hydrogens (tertiary/aromatic N) is 2. The Bertz CT molecular complexity index is 899. The van der Waals surface area contributed by atoms with Crippen molar-refractivity contribution in [3.63, 3.8) is 0 Å². The van der Waals surface area contributed by atoms with E-state index in [9.17, 15) is 18.0 Å². The second-order valence-corrected chi connectivity index (χ2v) is 6.22.